The molecule has 2 rings (SSSR count). The lowest BCUT2D eigenvalue weighted by Crippen LogP contribution is -2.12. The van der Waals surface area contributed by atoms with Crippen molar-refractivity contribution in [2.24, 2.45) is 0 Å². The average molecular weight is 346 g/mol. The summed E-state index contributed by atoms with van der Waals surface area (Å²) in [6.45, 7) is 5.28. The number of methoxy groups -OCH3 is 3. The molecule has 0 unspecified atom stereocenters. The van der Waals surface area contributed by atoms with Gasteiger partial charge in [0, 0.05) is 5.56 Å². The topological polar surface area (TPSA) is 54.0 Å². The molecule has 136 valence electrons. The molecule has 0 bridgehead atoms. The summed E-state index contributed by atoms with van der Waals surface area (Å²) in [6.07, 6.45) is 7.31. The normalized spacial score (nSPS) is 13.7. The standard InChI is InChI=1S/C20H26O5/c1-13(2)25-20(21)16-12-17(22-3)19(24-5)18(23-4)15(16)11-14-9-7-6-8-10-14/h9,12H,1,6-8,10-11H2,2-5H3. The van der Waals surface area contributed by atoms with E-state index in [1.54, 1.807) is 27.2 Å². The second-order valence-electron chi connectivity index (χ2n) is 6.05. The number of ether oxygens (including phenoxy) is 4. The summed E-state index contributed by atoms with van der Waals surface area (Å²) in [4.78, 5) is 12.6. The Kier molecular flexibility index (Phi) is 6.51. The summed E-state index contributed by atoms with van der Waals surface area (Å²) < 4.78 is 21.7. The largest absolute Gasteiger partial charge is 0.493 e. The number of benzene rings is 1. The minimum Gasteiger partial charge on any atom is -0.493 e. The lowest BCUT2D eigenvalue weighted by molar-refractivity contribution is 0.0625. The monoisotopic (exact) mass is 346 g/mol. The van der Waals surface area contributed by atoms with Gasteiger partial charge in [0.05, 0.1) is 32.7 Å². The van der Waals surface area contributed by atoms with Gasteiger partial charge in [0.25, 0.3) is 0 Å². The van der Waals surface area contributed by atoms with E-state index < -0.39 is 5.97 Å². The first-order chi connectivity index (χ1) is 12.0. The Morgan fingerprint density at radius 2 is 1.84 bits per heavy atom. The first-order valence-electron chi connectivity index (χ1n) is 8.39. The first kappa shape index (κ1) is 18.9. The van der Waals surface area contributed by atoms with Crippen LogP contribution in [0.2, 0.25) is 0 Å². The maximum absolute atomic E-state index is 12.6. The zero-order valence-electron chi connectivity index (χ0n) is 15.4. The Morgan fingerprint density at radius 3 is 2.36 bits per heavy atom. The molecule has 0 saturated heterocycles. The van der Waals surface area contributed by atoms with Crippen molar-refractivity contribution in [2.45, 2.75) is 39.0 Å². The summed E-state index contributed by atoms with van der Waals surface area (Å²) in [5.74, 6) is 1.26. The summed E-state index contributed by atoms with van der Waals surface area (Å²) in [5, 5.41) is 0. The third-order valence-electron chi connectivity index (χ3n) is 4.21. The van der Waals surface area contributed by atoms with Crippen molar-refractivity contribution in [3.63, 3.8) is 0 Å². The molecular weight excluding hydrogens is 320 g/mol. The molecule has 0 spiro atoms. The Labute approximate surface area is 149 Å². The molecule has 0 amide bonds. The van der Waals surface area contributed by atoms with Crippen LogP contribution in [0.3, 0.4) is 0 Å². The lowest BCUT2D eigenvalue weighted by Gasteiger charge is -2.21. The predicted octanol–water partition coefficient (Wildman–Crippen LogP) is 4.45. The molecule has 1 aliphatic carbocycles. The van der Waals surface area contributed by atoms with Crippen LogP contribution in [0.25, 0.3) is 0 Å². The number of carbonyl (C=O) groups is 1. The molecule has 0 heterocycles. The first-order valence-corrected chi connectivity index (χ1v) is 8.39. The number of allylic oxidation sites excluding steroid dienone is 3. The molecule has 0 N–H and O–H groups in total. The van der Waals surface area contributed by atoms with Gasteiger partial charge in [-0.2, -0.15) is 0 Å². The van der Waals surface area contributed by atoms with Crippen molar-refractivity contribution < 1.29 is 23.7 Å². The summed E-state index contributed by atoms with van der Waals surface area (Å²) in [6, 6.07) is 1.64. The number of esters is 1. The third kappa shape index (κ3) is 4.35. The van der Waals surface area contributed by atoms with Crippen molar-refractivity contribution in [1.29, 1.82) is 0 Å². The summed E-state index contributed by atoms with van der Waals surface area (Å²) in [5.41, 5.74) is 2.45. The second kappa shape index (κ2) is 8.60. The highest BCUT2D eigenvalue weighted by atomic mass is 16.5. The molecule has 25 heavy (non-hydrogen) atoms. The van der Waals surface area contributed by atoms with Crippen LogP contribution < -0.4 is 14.2 Å². The van der Waals surface area contributed by atoms with E-state index in [-0.39, 0.29) is 0 Å². The van der Waals surface area contributed by atoms with Crippen molar-refractivity contribution >= 4 is 5.97 Å². The molecule has 5 nitrogen and oxygen atoms in total. The van der Waals surface area contributed by atoms with Crippen molar-refractivity contribution in [3.05, 3.63) is 41.2 Å². The van der Waals surface area contributed by atoms with E-state index in [2.05, 4.69) is 12.7 Å². The van der Waals surface area contributed by atoms with Gasteiger partial charge in [-0.1, -0.05) is 18.2 Å². The fourth-order valence-corrected chi connectivity index (χ4v) is 3.08. The van der Waals surface area contributed by atoms with Crippen LogP contribution in [0.1, 0.15) is 48.5 Å². The molecule has 0 radical (unpaired) electrons. The number of hydrogen-bond acceptors (Lipinski definition) is 5. The third-order valence-corrected chi connectivity index (χ3v) is 4.21. The fraction of sp³-hybridized carbons (Fsp3) is 0.450. The Bertz CT molecular complexity index is 688. The Morgan fingerprint density at radius 1 is 1.12 bits per heavy atom. The average Bonchev–Trinajstić information content (AvgIpc) is 2.61. The van der Waals surface area contributed by atoms with Crippen molar-refractivity contribution in [2.75, 3.05) is 21.3 Å². The van der Waals surface area contributed by atoms with Crippen molar-refractivity contribution in [1.82, 2.24) is 0 Å². The minimum absolute atomic E-state index is 0.335. The lowest BCUT2D eigenvalue weighted by atomic mass is 9.91. The van der Waals surface area contributed by atoms with Gasteiger partial charge in [-0.3, -0.25) is 0 Å². The SMILES string of the molecule is C=C(C)OC(=O)c1cc(OC)c(OC)c(OC)c1CC1=CCCCC1. The fourth-order valence-electron chi connectivity index (χ4n) is 3.08. The highest BCUT2D eigenvalue weighted by molar-refractivity contribution is 5.94. The van der Waals surface area contributed by atoms with E-state index in [9.17, 15) is 4.79 Å². The van der Waals surface area contributed by atoms with Gasteiger partial charge < -0.3 is 18.9 Å². The highest BCUT2D eigenvalue weighted by Crippen LogP contribution is 2.43. The van der Waals surface area contributed by atoms with Gasteiger partial charge in [0.1, 0.15) is 0 Å². The minimum atomic E-state index is -0.474. The molecule has 1 aliphatic rings. The predicted molar refractivity (Wildman–Crippen MR) is 96.6 cm³/mol. The van der Waals surface area contributed by atoms with E-state index in [0.717, 1.165) is 24.8 Å². The van der Waals surface area contributed by atoms with E-state index in [1.807, 2.05) is 0 Å². The zero-order valence-corrected chi connectivity index (χ0v) is 15.4. The van der Waals surface area contributed by atoms with E-state index in [1.165, 1.54) is 19.1 Å². The molecule has 0 aromatic heterocycles. The van der Waals surface area contributed by atoms with Gasteiger partial charge in [-0.05, 0) is 45.1 Å². The molecule has 5 heteroatoms. The maximum Gasteiger partial charge on any atom is 0.343 e. The highest BCUT2D eigenvalue weighted by Gasteiger charge is 2.26. The molecule has 0 saturated carbocycles. The summed E-state index contributed by atoms with van der Waals surface area (Å²) >= 11 is 0. The zero-order chi connectivity index (χ0) is 18.4. The van der Waals surface area contributed by atoms with E-state index >= 15 is 0 Å². The van der Waals surface area contributed by atoms with Crippen LogP contribution in [0, 0.1) is 0 Å². The Hall–Kier alpha value is -2.43. The molecule has 0 fully saturated rings. The number of hydrogen-bond donors (Lipinski definition) is 0. The molecule has 0 aliphatic heterocycles. The van der Waals surface area contributed by atoms with E-state index in [4.69, 9.17) is 18.9 Å². The molecular formula is C20H26O5. The quantitative estimate of drug-likeness (QED) is 0.415. The molecule has 1 aromatic rings. The van der Waals surface area contributed by atoms with Crippen molar-refractivity contribution in [3.8, 4) is 17.2 Å². The number of carbonyl (C=O) groups excluding carboxylic acids is 1. The van der Waals surface area contributed by atoms with Gasteiger partial charge in [-0.25, -0.2) is 4.79 Å². The molecule has 0 atom stereocenters. The van der Waals surface area contributed by atoms with Crippen LogP contribution in [0.5, 0.6) is 17.2 Å². The van der Waals surface area contributed by atoms with Crippen LogP contribution in [0.4, 0.5) is 0 Å². The Balaban J connectivity index is 2.59. The second-order valence-corrected chi connectivity index (χ2v) is 6.05. The van der Waals surface area contributed by atoms with Gasteiger partial charge >= 0.3 is 5.97 Å². The summed E-state index contributed by atoms with van der Waals surface area (Å²) in [7, 11) is 4.63. The van der Waals surface area contributed by atoms with Crippen LogP contribution in [-0.4, -0.2) is 27.3 Å². The van der Waals surface area contributed by atoms with Gasteiger partial charge in [0.2, 0.25) is 5.75 Å². The van der Waals surface area contributed by atoms with Crippen LogP contribution in [-0.2, 0) is 11.2 Å². The number of rotatable bonds is 7. The van der Waals surface area contributed by atoms with Crippen LogP contribution in [0.15, 0.2) is 30.1 Å². The van der Waals surface area contributed by atoms with Crippen LogP contribution >= 0.6 is 0 Å². The maximum atomic E-state index is 12.6. The van der Waals surface area contributed by atoms with Gasteiger partial charge in [0.15, 0.2) is 11.5 Å². The molecule has 1 aromatic carbocycles. The van der Waals surface area contributed by atoms with Gasteiger partial charge in [-0.15, -0.1) is 0 Å². The van der Waals surface area contributed by atoms with E-state index in [0.29, 0.717) is 35.0 Å². The smallest absolute Gasteiger partial charge is 0.343 e.